The van der Waals surface area contributed by atoms with Gasteiger partial charge in [0.2, 0.25) is 5.91 Å². The Morgan fingerprint density at radius 2 is 2.05 bits per heavy atom. The van der Waals surface area contributed by atoms with E-state index in [0.717, 1.165) is 28.1 Å². The highest BCUT2D eigenvalue weighted by Crippen LogP contribution is 2.16. The summed E-state index contributed by atoms with van der Waals surface area (Å²) in [6.45, 7) is 2.59. The highest BCUT2D eigenvalue weighted by molar-refractivity contribution is 5.91. The second-order valence-corrected chi connectivity index (χ2v) is 5.19. The van der Waals surface area contributed by atoms with E-state index in [0.29, 0.717) is 6.54 Å². The number of aryl methyl sites for hydroxylation is 1. The van der Waals surface area contributed by atoms with Gasteiger partial charge in [0, 0.05) is 12.2 Å². The number of hydrogen-bond acceptors (Lipinski definition) is 3. The number of fused-ring (bicyclic) bond motifs is 1. The van der Waals surface area contributed by atoms with Crippen molar-refractivity contribution in [3.05, 3.63) is 59.9 Å². The zero-order valence-electron chi connectivity index (χ0n) is 12.4. The molecule has 1 heterocycles. The molecule has 0 saturated carbocycles. The van der Waals surface area contributed by atoms with Crippen LogP contribution in [0.15, 0.2) is 48.5 Å². The topological polar surface area (TPSA) is 72.9 Å². The molecule has 112 valence electrons. The Morgan fingerprint density at radius 3 is 2.86 bits per heavy atom. The zero-order valence-corrected chi connectivity index (χ0v) is 12.4. The van der Waals surface area contributed by atoms with Gasteiger partial charge in [0.15, 0.2) is 0 Å². The fourth-order valence-corrected chi connectivity index (χ4v) is 2.52. The maximum Gasteiger partial charge on any atom is 0.244 e. The van der Waals surface area contributed by atoms with Crippen LogP contribution >= 0.6 is 0 Å². The van der Waals surface area contributed by atoms with Gasteiger partial charge in [-0.1, -0.05) is 24.3 Å². The predicted molar refractivity (Wildman–Crippen MR) is 87.4 cm³/mol. The molecule has 3 N–H and O–H groups in total. The minimum atomic E-state index is -0.0829. The molecule has 1 amide bonds. The predicted octanol–water partition coefficient (Wildman–Crippen LogP) is 2.44. The number of nitrogens with one attached hydrogen (secondary N) is 1. The third kappa shape index (κ3) is 2.84. The van der Waals surface area contributed by atoms with Crippen LogP contribution in [0.3, 0.4) is 0 Å². The summed E-state index contributed by atoms with van der Waals surface area (Å²) in [6.07, 6.45) is 0. The Hall–Kier alpha value is -2.66. The molecule has 0 spiro atoms. The van der Waals surface area contributed by atoms with Crippen molar-refractivity contribution in [1.82, 2.24) is 9.55 Å². The molecule has 0 aliphatic carbocycles. The molecule has 22 heavy (non-hydrogen) atoms. The third-order valence-electron chi connectivity index (χ3n) is 3.59. The van der Waals surface area contributed by atoms with Crippen molar-refractivity contribution < 1.29 is 4.79 Å². The lowest BCUT2D eigenvalue weighted by atomic mass is 10.2. The average Bonchev–Trinajstić information content (AvgIpc) is 2.83. The van der Waals surface area contributed by atoms with Crippen LogP contribution in [0.2, 0.25) is 0 Å². The molecule has 0 bridgehead atoms. The number of aromatic nitrogens is 2. The van der Waals surface area contributed by atoms with Gasteiger partial charge in [0.05, 0.1) is 11.0 Å². The van der Waals surface area contributed by atoms with Crippen LogP contribution in [0, 0.1) is 6.92 Å². The summed E-state index contributed by atoms with van der Waals surface area (Å²) < 4.78 is 1.91. The van der Waals surface area contributed by atoms with Gasteiger partial charge in [0.25, 0.3) is 0 Å². The summed E-state index contributed by atoms with van der Waals surface area (Å²) in [6, 6.07) is 15.4. The lowest BCUT2D eigenvalue weighted by molar-refractivity contribution is -0.116. The van der Waals surface area contributed by atoms with Gasteiger partial charge in [0.1, 0.15) is 12.4 Å². The van der Waals surface area contributed by atoms with Crippen molar-refractivity contribution in [3.63, 3.8) is 0 Å². The Balaban J connectivity index is 1.79. The first-order valence-electron chi connectivity index (χ1n) is 7.18. The Kier molecular flexibility index (Phi) is 3.89. The van der Waals surface area contributed by atoms with Gasteiger partial charge in [-0.15, -0.1) is 0 Å². The van der Waals surface area contributed by atoms with E-state index in [1.54, 1.807) is 0 Å². The standard InChI is InChI=1S/C17H18N4O/c1-12-19-15-7-2-3-8-16(15)21(12)11-17(22)20-14-6-4-5-13(9-14)10-18/h2-9H,10-11,18H2,1H3,(H,20,22). The van der Waals surface area contributed by atoms with Crippen LogP contribution in [0.25, 0.3) is 11.0 Å². The van der Waals surface area contributed by atoms with E-state index in [1.807, 2.05) is 60.0 Å². The number of benzene rings is 2. The number of nitrogens with zero attached hydrogens (tertiary/aromatic N) is 2. The third-order valence-corrected chi connectivity index (χ3v) is 3.59. The van der Waals surface area contributed by atoms with Gasteiger partial charge in [-0.2, -0.15) is 0 Å². The highest BCUT2D eigenvalue weighted by Gasteiger charge is 2.10. The molecule has 2 aromatic carbocycles. The summed E-state index contributed by atoms with van der Waals surface area (Å²) >= 11 is 0. The number of imidazole rings is 1. The van der Waals surface area contributed by atoms with Gasteiger partial charge in [-0.05, 0) is 36.8 Å². The van der Waals surface area contributed by atoms with E-state index in [-0.39, 0.29) is 12.5 Å². The van der Waals surface area contributed by atoms with Crippen molar-refractivity contribution in [1.29, 1.82) is 0 Å². The fourth-order valence-electron chi connectivity index (χ4n) is 2.52. The molecule has 0 saturated heterocycles. The second-order valence-electron chi connectivity index (χ2n) is 5.19. The number of hydrogen-bond donors (Lipinski definition) is 2. The van der Waals surface area contributed by atoms with Crippen LogP contribution < -0.4 is 11.1 Å². The molecule has 0 aliphatic rings. The summed E-state index contributed by atoms with van der Waals surface area (Å²) in [5.41, 5.74) is 9.23. The van der Waals surface area contributed by atoms with Crippen molar-refractivity contribution in [2.45, 2.75) is 20.0 Å². The smallest absolute Gasteiger partial charge is 0.244 e. The van der Waals surface area contributed by atoms with E-state index in [1.165, 1.54) is 0 Å². The summed E-state index contributed by atoms with van der Waals surface area (Å²) in [5, 5.41) is 2.90. The maximum atomic E-state index is 12.3. The molecule has 0 aliphatic heterocycles. The first kappa shape index (κ1) is 14.3. The number of anilines is 1. The molecular formula is C17H18N4O. The first-order valence-corrected chi connectivity index (χ1v) is 7.18. The zero-order chi connectivity index (χ0) is 15.5. The Morgan fingerprint density at radius 1 is 1.23 bits per heavy atom. The largest absolute Gasteiger partial charge is 0.326 e. The van der Waals surface area contributed by atoms with Crippen LogP contribution in [0.1, 0.15) is 11.4 Å². The van der Waals surface area contributed by atoms with Crippen LogP contribution in [0.4, 0.5) is 5.69 Å². The molecule has 3 aromatic rings. The minimum absolute atomic E-state index is 0.0829. The number of carbonyl (C=O) groups excluding carboxylic acids is 1. The van der Waals surface area contributed by atoms with Gasteiger partial charge in [-0.3, -0.25) is 4.79 Å². The Bertz CT molecular complexity index is 822. The number of carbonyl (C=O) groups is 1. The molecule has 0 unspecified atom stereocenters. The van der Waals surface area contributed by atoms with Crippen molar-refractivity contribution in [2.24, 2.45) is 5.73 Å². The van der Waals surface area contributed by atoms with E-state index < -0.39 is 0 Å². The molecule has 0 atom stereocenters. The van der Waals surface area contributed by atoms with Crippen LogP contribution in [0.5, 0.6) is 0 Å². The molecule has 5 heteroatoms. The van der Waals surface area contributed by atoms with E-state index in [9.17, 15) is 4.79 Å². The number of para-hydroxylation sites is 2. The first-order chi connectivity index (χ1) is 10.7. The summed E-state index contributed by atoms with van der Waals surface area (Å²) in [5.74, 6) is 0.743. The average molecular weight is 294 g/mol. The normalized spacial score (nSPS) is 10.8. The summed E-state index contributed by atoms with van der Waals surface area (Å²) in [7, 11) is 0. The molecule has 0 fully saturated rings. The van der Waals surface area contributed by atoms with E-state index >= 15 is 0 Å². The molecule has 3 rings (SSSR count). The fraction of sp³-hybridized carbons (Fsp3) is 0.176. The molecule has 0 radical (unpaired) electrons. The molecular weight excluding hydrogens is 276 g/mol. The molecule has 5 nitrogen and oxygen atoms in total. The molecule has 1 aromatic heterocycles. The second kappa shape index (κ2) is 5.99. The van der Waals surface area contributed by atoms with E-state index in [2.05, 4.69) is 10.3 Å². The van der Waals surface area contributed by atoms with Gasteiger partial charge < -0.3 is 15.6 Å². The summed E-state index contributed by atoms with van der Waals surface area (Å²) in [4.78, 5) is 16.8. The lowest BCUT2D eigenvalue weighted by Crippen LogP contribution is -2.19. The minimum Gasteiger partial charge on any atom is -0.326 e. The Labute approximate surface area is 128 Å². The lowest BCUT2D eigenvalue weighted by Gasteiger charge is -2.09. The number of amides is 1. The van der Waals surface area contributed by atoms with Crippen molar-refractivity contribution in [2.75, 3.05) is 5.32 Å². The van der Waals surface area contributed by atoms with Gasteiger partial charge in [-0.25, -0.2) is 4.98 Å². The van der Waals surface area contributed by atoms with Crippen molar-refractivity contribution in [3.8, 4) is 0 Å². The number of nitrogens with two attached hydrogens (primary N) is 1. The maximum absolute atomic E-state index is 12.3. The SMILES string of the molecule is Cc1nc2ccccc2n1CC(=O)Nc1cccc(CN)c1. The van der Waals surface area contributed by atoms with Crippen molar-refractivity contribution >= 4 is 22.6 Å². The quantitative estimate of drug-likeness (QED) is 0.776. The monoisotopic (exact) mass is 294 g/mol. The van der Waals surface area contributed by atoms with Gasteiger partial charge >= 0.3 is 0 Å². The van der Waals surface area contributed by atoms with Crippen LogP contribution in [-0.4, -0.2) is 15.5 Å². The number of rotatable bonds is 4. The van der Waals surface area contributed by atoms with Crippen LogP contribution in [-0.2, 0) is 17.9 Å². The van der Waals surface area contributed by atoms with E-state index in [4.69, 9.17) is 5.73 Å². The highest BCUT2D eigenvalue weighted by atomic mass is 16.1.